The van der Waals surface area contributed by atoms with Crippen molar-refractivity contribution < 1.29 is 13.4 Å². The van der Waals surface area contributed by atoms with E-state index < -0.39 is 22.5 Å². The minimum atomic E-state index is -1.77. The van der Waals surface area contributed by atoms with Gasteiger partial charge >= 0.3 is 0 Å². The quantitative estimate of drug-likeness (QED) is 0.812. The predicted octanol–water partition coefficient (Wildman–Crippen LogP) is 2.92. The van der Waals surface area contributed by atoms with Gasteiger partial charge < -0.3 is 11.1 Å². The van der Waals surface area contributed by atoms with E-state index in [1.807, 2.05) is 6.07 Å². The van der Waals surface area contributed by atoms with Gasteiger partial charge in [-0.1, -0.05) is 12.1 Å². The Morgan fingerprint density at radius 2 is 2.00 bits per heavy atom. The number of anilines is 2. The number of carbonyl (C=O) groups is 1. The van der Waals surface area contributed by atoms with Crippen LogP contribution in [0.2, 0.25) is 0 Å². The van der Waals surface area contributed by atoms with Crippen molar-refractivity contribution >= 4 is 44.0 Å². The van der Waals surface area contributed by atoms with Gasteiger partial charge in [-0.05, 0) is 46.3 Å². The zero-order valence-corrected chi connectivity index (χ0v) is 13.2. The maximum absolute atomic E-state index is 13.6. The van der Waals surface area contributed by atoms with E-state index in [0.29, 0.717) is 10.2 Å². The van der Waals surface area contributed by atoms with Gasteiger partial charge in [0.05, 0.1) is 21.4 Å². The Morgan fingerprint density at radius 1 is 1.29 bits per heavy atom. The summed E-state index contributed by atoms with van der Waals surface area (Å²) in [5.74, 6) is -1.47. The SMILES string of the molecule is Nc1ccc(S(=O)CC(=O)Nc2ccccc2Br)c(F)c1. The molecule has 0 saturated carbocycles. The molecule has 0 aliphatic heterocycles. The lowest BCUT2D eigenvalue weighted by atomic mass is 10.3. The van der Waals surface area contributed by atoms with E-state index in [9.17, 15) is 13.4 Å². The molecular formula is C14H12BrFN2O2S. The molecule has 2 rings (SSSR count). The molecule has 0 aromatic heterocycles. The fourth-order valence-corrected chi connectivity index (χ4v) is 2.99. The van der Waals surface area contributed by atoms with Crippen LogP contribution in [-0.2, 0) is 15.6 Å². The fraction of sp³-hybridized carbons (Fsp3) is 0.0714. The number of nitrogen functional groups attached to an aromatic ring is 1. The largest absolute Gasteiger partial charge is 0.399 e. The van der Waals surface area contributed by atoms with Gasteiger partial charge in [0, 0.05) is 10.2 Å². The number of benzene rings is 2. The molecule has 1 atom stereocenters. The van der Waals surface area contributed by atoms with Crippen molar-refractivity contribution in [2.45, 2.75) is 4.90 Å². The molecule has 0 bridgehead atoms. The van der Waals surface area contributed by atoms with Gasteiger partial charge in [0.2, 0.25) is 5.91 Å². The molecule has 2 aromatic carbocycles. The fourth-order valence-electron chi connectivity index (χ4n) is 1.65. The van der Waals surface area contributed by atoms with Crippen molar-refractivity contribution in [1.82, 2.24) is 0 Å². The van der Waals surface area contributed by atoms with Crippen LogP contribution in [0.3, 0.4) is 0 Å². The summed E-state index contributed by atoms with van der Waals surface area (Å²) < 4.78 is 26.4. The van der Waals surface area contributed by atoms with Crippen molar-refractivity contribution in [3.05, 3.63) is 52.8 Å². The third-order valence-corrected chi connectivity index (χ3v) is 4.65. The van der Waals surface area contributed by atoms with E-state index in [1.165, 1.54) is 12.1 Å². The van der Waals surface area contributed by atoms with Gasteiger partial charge in [0.15, 0.2) is 0 Å². The number of hydrogen-bond donors (Lipinski definition) is 2. The molecule has 1 unspecified atom stereocenters. The molecule has 0 aliphatic carbocycles. The highest BCUT2D eigenvalue weighted by Gasteiger charge is 2.15. The summed E-state index contributed by atoms with van der Waals surface area (Å²) in [7, 11) is -1.77. The molecule has 4 nitrogen and oxygen atoms in total. The van der Waals surface area contributed by atoms with Crippen LogP contribution in [-0.4, -0.2) is 15.9 Å². The van der Waals surface area contributed by atoms with Crippen molar-refractivity contribution in [1.29, 1.82) is 0 Å². The Balaban J connectivity index is 2.06. The summed E-state index contributed by atoms with van der Waals surface area (Å²) in [6, 6.07) is 10.9. The molecule has 21 heavy (non-hydrogen) atoms. The van der Waals surface area contributed by atoms with Gasteiger partial charge in [0.25, 0.3) is 0 Å². The Morgan fingerprint density at radius 3 is 2.67 bits per heavy atom. The summed E-state index contributed by atoms with van der Waals surface area (Å²) in [5, 5.41) is 2.62. The zero-order valence-electron chi connectivity index (χ0n) is 10.8. The number of nitrogens with two attached hydrogens (primary N) is 1. The average Bonchev–Trinajstić information content (AvgIpc) is 2.41. The summed E-state index contributed by atoms with van der Waals surface area (Å²) in [5.41, 5.74) is 6.23. The molecule has 0 fully saturated rings. The Hall–Kier alpha value is -1.73. The second-order valence-corrected chi connectivity index (χ2v) is 6.48. The third kappa shape index (κ3) is 4.12. The van der Waals surface area contributed by atoms with E-state index in [2.05, 4.69) is 21.2 Å². The normalized spacial score (nSPS) is 11.9. The first kappa shape index (κ1) is 15.7. The van der Waals surface area contributed by atoms with E-state index >= 15 is 0 Å². The second kappa shape index (κ2) is 6.82. The highest BCUT2D eigenvalue weighted by Crippen LogP contribution is 2.21. The van der Waals surface area contributed by atoms with Crippen LogP contribution >= 0.6 is 15.9 Å². The summed E-state index contributed by atoms with van der Waals surface area (Å²) >= 11 is 3.29. The lowest BCUT2D eigenvalue weighted by Gasteiger charge is -2.08. The maximum Gasteiger partial charge on any atom is 0.237 e. The van der Waals surface area contributed by atoms with Crippen LogP contribution in [0.5, 0.6) is 0 Å². The van der Waals surface area contributed by atoms with Crippen molar-refractivity contribution in [2.24, 2.45) is 0 Å². The number of amides is 1. The molecule has 7 heteroatoms. The molecule has 0 heterocycles. The molecule has 110 valence electrons. The molecule has 0 spiro atoms. The summed E-state index contributed by atoms with van der Waals surface area (Å²) in [4.78, 5) is 11.8. The predicted molar refractivity (Wildman–Crippen MR) is 84.9 cm³/mol. The van der Waals surface area contributed by atoms with Crippen molar-refractivity contribution in [2.75, 3.05) is 16.8 Å². The highest BCUT2D eigenvalue weighted by molar-refractivity contribution is 9.10. The maximum atomic E-state index is 13.6. The van der Waals surface area contributed by atoms with Gasteiger partial charge in [-0.15, -0.1) is 0 Å². The highest BCUT2D eigenvalue weighted by atomic mass is 79.9. The number of para-hydroxylation sites is 1. The number of carbonyl (C=O) groups excluding carboxylic acids is 1. The van der Waals surface area contributed by atoms with Crippen molar-refractivity contribution in [3.63, 3.8) is 0 Å². The third-order valence-electron chi connectivity index (χ3n) is 2.61. The van der Waals surface area contributed by atoms with Crippen LogP contribution in [0.1, 0.15) is 0 Å². The van der Waals surface area contributed by atoms with E-state index in [1.54, 1.807) is 18.2 Å². The number of nitrogens with one attached hydrogen (secondary N) is 1. The lowest BCUT2D eigenvalue weighted by molar-refractivity contribution is -0.113. The van der Waals surface area contributed by atoms with Crippen LogP contribution in [0.25, 0.3) is 0 Å². The first-order valence-corrected chi connectivity index (χ1v) is 8.06. The molecule has 0 saturated heterocycles. The Bertz CT molecular complexity index is 709. The number of rotatable bonds is 4. The minimum absolute atomic E-state index is 0.0357. The Kier molecular flexibility index (Phi) is 5.08. The summed E-state index contributed by atoms with van der Waals surface area (Å²) in [6.07, 6.45) is 0. The Labute approximate surface area is 132 Å². The zero-order chi connectivity index (χ0) is 15.4. The smallest absolute Gasteiger partial charge is 0.237 e. The monoisotopic (exact) mass is 370 g/mol. The van der Waals surface area contributed by atoms with Gasteiger partial charge in [0.1, 0.15) is 11.6 Å². The van der Waals surface area contributed by atoms with Crippen LogP contribution < -0.4 is 11.1 Å². The average molecular weight is 371 g/mol. The molecular weight excluding hydrogens is 359 g/mol. The summed E-state index contributed by atoms with van der Waals surface area (Å²) in [6.45, 7) is 0. The van der Waals surface area contributed by atoms with E-state index in [0.717, 1.165) is 6.07 Å². The second-order valence-electron chi connectivity index (χ2n) is 4.21. The van der Waals surface area contributed by atoms with Gasteiger partial charge in [-0.25, -0.2) is 4.39 Å². The van der Waals surface area contributed by atoms with Gasteiger partial charge in [-0.2, -0.15) is 0 Å². The molecule has 1 amide bonds. The molecule has 0 radical (unpaired) electrons. The first-order chi connectivity index (χ1) is 9.97. The standard InChI is InChI=1S/C14H12BrFN2O2S/c15-10-3-1-2-4-12(10)18-14(19)8-21(20)13-6-5-9(17)7-11(13)16/h1-7H,8,17H2,(H,18,19). The lowest BCUT2D eigenvalue weighted by Crippen LogP contribution is -2.20. The van der Waals surface area contributed by atoms with Crippen LogP contribution in [0.15, 0.2) is 51.8 Å². The van der Waals surface area contributed by atoms with Crippen molar-refractivity contribution in [3.8, 4) is 0 Å². The minimum Gasteiger partial charge on any atom is -0.399 e. The molecule has 0 aliphatic rings. The molecule has 3 N–H and O–H groups in total. The number of hydrogen-bond acceptors (Lipinski definition) is 3. The number of halogens is 2. The van der Waals surface area contributed by atoms with Crippen LogP contribution in [0, 0.1) is 5.82 Å². The van der Waals surface area contributed by atoms with Gasteiger partial charge in [-0.3, -0.25) is 9.00 Å². The topological polar surface area (TPSA) is 72.2 Å². The first-order valence-electron chi connectivity index (χ1n) is 5.95. The molecule has 2 aromatic rings. The van der Waals surface area contributed by atoms with E-state index in [4.69, 9.17) is 5.73 Å². The van der Waals surface area contributed by atoms with Crippen LogP contribution in [0.4, 0.5) is 15.8 Å². The van der Waals surface area contributed by atoms with E-state index in [-0.39, 0.29) is 16.3 Å².